The molecule has 2 heteroatoms. The quantitative estimate of drug-likeness (QED) is 0.771. The summed E-state index contributed by atoms with van der Waals surface area (Å²) < 4.78 is 0. The second kappa shape index (κ2) is 5.40. The Morgan fingerprint density at radius 2 is 2.23 bits per heavy atom. The van der Waals surface area contributed by atoms with Crippen molar-refractivity contribution in [2.45, 2.75) is 45.6 Å². The number of rotatable bonds is 5. The molecule has 0 saturated heterocycles. The average molecular weight is 197 g/mol. The third-order valence-electron chi connectivity index (χ3n) is 2.37. The predicted molar refractivity (Wildman–Crippen MR) is 60.3 cm³/mol. The van der Waals surface area contributed by atoms with Gasteiger partial charge < -0.3 is 5.73 Å². The minimum Gasteiger partial charge on any atom is -0.328 e. The predicted octanol–water partition coefficient (Wildman–Crippen LogP) is 3.12. The molecular weight excluding hydrogens is 178 g/mol. The molecule has 0 aliphatic carbocycles. The Labute approximate surface area is 85.0 Å². The van der Waals surface area contributed by atoms with Gasteiger partial charge in [0.2, 0.25) is 0 Å². The zero-order valence-corrected chi connectivity index (χ0v) is 9.36. The van der Waals surface area contributed by atoms with Crippen LogP contribution in [0.1, 0.15) is 36.6 Å². The molecule has 0 saturated carbocycles. The molecule has 0 aliphatic rings. The van der Waals surface area contributed by atoms with Crippen molar-refractivity contribution in [3.8, 4) is 0 Å². The third-order valence-corrected chi connectivity index (χ3v) is 3.45. The molecule has 0 aromatic carbocycles. The second-order valence-corrected chi connectivity index (χ2v) is 4.61. The lowest BCUT2D eigenvalue weighted by atomic mass is 10.1. The molecule has 0 spiro atoms. The first-order valence-corrected chi connectivity index (χ1v) is 5.90. The van der Waals surface area contributed by atoms with Gasteiger partial charge in [0.25, 0.3) is 0 Å². The monoisotopic (exact) mass is 197 g/mol. The van der Waals surface area contributed by atoms with Gasteiger partial charge in [0.05, 0.1) is 0 Å². The van der Waals surface area contributed by atoms with Crippen LogP contribution in [-0.2, 0) is 6.42 Å². The SMILES string of the molecule is CCCC(N)CCc1sccc1C. The molecule has 1 nitrogen and oxygen atoms in total. The second-order valence-electron chi connectivity index (χ2n) is 3.61. The van der Waals surface area contributed by atoms with Crippen LogP contribution in [0.15, 0.2) is 11.4 Å². The van der Waals surface area contributed by atoms with Crippen LogP contribution in [0.3, 0.4) is 0 Å². The summed E-state index contributed by atoms with van der Waals surface area (Å²) in [5.41, 5.74) is 7.38. The van der Waals surface area contributed by atoms with Crippen LogP contribution in [0.25, 0.3) is 0 Å². The largest absolute Gasteiger partial charge is 0.328 e. The Morgan fingerprint density at radius 1 is 1.46 bits per heavy atom. The van der Waals surface area contributed by atoms with Crippen LogP contribution < -0.4 is 5.73 Å². The topological polar surface area (TPSA) is 26.0 Å². The lowest BCUT2D eigenvalue weighted by Gasteiger charge is -2.08. The molecule has 0 amide bonds. The van der Waals surface area contributed by atoms with E-state index in [1.807, 2.05) is 11.3 Å². The van der Waals surface area contributed by atoms with Gasteiger partial charge in [0.15, 0.2) is 0 Å². The lowest BCUT2D eigenvalue weighted by Crippen LogP contribution is -2.19. The Hall–Kier alpha value is -0.340. The van der Waals surface area contributed by atoms with Crippen molar-refractivity contribution in [1.29, 1.82) is 0 Å². The maximum Gasteiger partial charge on any atom is 0.00749 e. The van der Waals surface area contributed by atoms with Crippen LogP contribution >= 0.6 is 11.3 Å². The molecule has 1 aromatic rings. The van der Waals surface area contributed by atoms with Gasteiger partial charge in [-0.1, -0.05) is 13.3 Å². The summed E-state index contributed by atoms with van der Waals surface area (Å²) in [5, 5.41) is 2.16. The first-order chi connectivity index (χ1) is 6.24. The zero-order valence-electron chi connectivity index (χ0n) is 8.55. The van der Waals surface area contributed by atoms with Crippen molar-refractivity contribution in [2.24, 2.45) is 5.73 Å². The summed E-state index contributed by atoms with van der Waals surface area (Å²) >= 11 is 1.85. The molecule has 74 valence electrons. The van der Waals surface area contributed by atoms with Crippen molar-refractivity contribution in [2.75, 3.05) is 0 Å². The molecular formula is C11H19NS. The molecule has 1 aromatic heterocycles. The van der Waals surface area contributed by atoms with Gasteiger partial charge in [-0.3, -0.25) is 0 Å². The smallest absolute Gasteiger partial charge is 0.00749 e. The number of hydrogen-bond donors (Lipinski definition) is 1. The average Bonchev–Trinajstić information content (AvgIpc) is 2.48. The maximum atomic E-state index is 5.96. The highest BCUT2D eigenvalue weighted by molar-refractivity contribution is 7.10. The normalized spacial score (nSPS) is 13.2. The van der Waals surface area contributed by atoms with E-state index in [1.165, 1.54) is 16.9 Å². The van der Waals surface area contributed by atoms with Crippen LogP contribution in [0, 0.1) is 6.92 Å². The van der Waals surface area contributed by atoms with Gasteiger partial charge in [-0.15, -0.1) is 11.3 Å². The van der Waals surface area contributed by atoms with Crippen molar-refractivity contribution in [1.82, 2.24) is 0 Å². The van der Waals surface area contributed by atoms with E-state index in [1.54, 1.807) is 0 Å². The van der Waals surface area contributed by atoms with E-state index >= 15 is 0 Å². The molecule has 1 heterocycles. The van der Waals surface area contributed by atoms with Gasteiger partial charge in [0.1, 0.15) is 0 Å². The molecule has 0 radical (unpaired) electrons. The Morgan fingerprint density at radius 3 is 2.77 bits per heavy atom. The molecule has 2 N–H and O–H groups in total. The Bertz CT molecular complexity index is 242. The van der Waals surface area contributed by atoms with Crippen LogP contribution in [0.2, 0.25) is 0 Å². The maximum absolute atomic E-state index is 5.96. The van der Waals surface area contributed by atoms with Crippen molar-refractivity contribution >= 4 is 11.3 Å². The minimum atomic E-state index is 0.395. The Kier molecular flexibility index (Phi) is 4.46. The summed E-state index contributed by atoms with van der Waals surface area (Å²) in [7, 11) is 0. The fraction of sp³-hybridized carbons (Fsp3) is 0.636. The first-order valence-electron chi connectivity index (χ1n) is 5.02. The van der Waals surface area contributed by atoms with E-state index < -0.39 is 0 Å². The van der Waals surface area contributed by atoms with Gasteiger partial charge >= 0.3 is 0 Å². The van der Waals surface area contributed by atoms with Gasteiger partial charge in [-0.25, -0.2) is 0 Å². The van der Waals surface area contributed by atoms with E-state index in [-0.39, 0.29) is 0 Å². The van der Waals surface area contributed by atoms with Gasteiger partial charge in [-0.2, -0.15) is 0 Å². The molecule has 13 heavy (non-hydrogen) atoms. The highest BCUT2D eigenvalue weighted by Gasteiger charge is 2.04. The Balaban J connectivity index is 2.30. The number of aryl methyl sites for hydroxylation is 2. The summed E-state index contributed by atoms with van der Waals surface area (Å²) in [6.07, 6.45) is 4.65. The van der Waals surface area contributed by atoms with E-state index in [2.05, 4.69) is 25.3 Å². The minimum absolute atomic E-state index is 0.395. The zero-order chi connectivity index (χ0) is 9.68. The van der Waals surface area contributed by atoms with E-state index in [0.717, 1.165) is 19.3 Å². The fourth-order valence-corrected chi connectivity index (χ4v) is 2.42. The summed E-state index contributed by atoms with van der Waals surface area (Å²) in [6.45, 7) is 4.37. The standard InChI is InChI=1S/C11H19NS/c1-3-4-10(12)5-6-11-9(2)7-8-13-11/h7-8,10H,3-6,12H2,1-2H3. The fourth-order valence-electron chi connectivity index (χ4n) is 1.49. The van der Waals surface area contributed by atoms with Crippen molar-refractivity contribution in [3.63, 3.8) is 0 Å². The summed E-state index contributed by atoms with van der Waals surface area (Å²) in [6, 6.07) is 2.58. The molecule has 1 atom stereocenters. The number of hydrogen-bond acceptors (Lipinski definition) is 2. The third kappa shape index (κ3) is 3.49. The van der Waals surface area contributed by atoms with Crippen molar-refractivity contribution in [3.05, 3.63) is 21.9 Å². The van der Waals surface area contributed by atoms with E-state index in [9.17, 15) is 0 Å². The van der Waals surface area contributed by atoms with Gasteiger partial charge in [-0.05, 0) is 43.2 Å². The van der Waals surface area contributed by atoms with Crippen LogP contribution in [-0.4, -0.2) is 6.04 Å². The van der Waals surface area contributed by atoms with Crippen molar-refractivity contribution < 1.29 is 0 Å². The number of nitrogens with two attached hydrogens (primary N) is 1. The van der Waals surface area contributed by atoms with Crippen LogP contribution in [0.5, 0.6) is 0 Å². The highest BCUT2D eigenvalue weighted by atomic mass is 32.1. The lowest BCUT2D eigenvalue weighted by molar-refractivity contribution is 0.562. The molecule has 0 fully saturated rings. The first kappa shape index (κ1) is 10.7. The van der Waals surface area contributed by atoms with Crippen LogP contribution in [0.4, 0.5) is 0 Å². The molecule has 0 aliphatic heterocycles. The molecule has 1 rings (SSSR count). The van der Waals surface area contributed by atoms with E-state index in [4.69, 9.17) is 5.73 Å². The number of thiophene rings is 1. The summed E-state index contributed by atoms with van der Waals surface area (Å²) in [5.74, 6) is 0. The molecule has 1 unspecified atom stereocenters. The highest BCUT2D eigenvalue weighted by Crippen LogP contribution is 2.18. The van der Waals surface area contributed by atoms with Gasteiger partial charge in [0, 0.05) is 10.9 Å². The summed E-state index contributed by atoms with van der Waals surface area (Å²) in [4.78, 5) is 1.51. The molecule has 0 bridgehead atoms. The van der Waals surface area contributed by atoms with E-state index in [0.29, 0.717) is 6.04 Å².